The molecule has 0 unspecified atom stereocenters. The van der Waals surface area contributed by atoms with Gasteiger partial charge in [-0.3, -0.25) is 4.79 Å². The smallest absolute Gasteiger partial charge is 0.199 e. The minimum absolute atomic E-state index is 0.130. The van der Waals surface area contributed by atoms with Gasteiger partial charge in [-0.15, -0.1) is 0 Å². The largest absolute Gasteiger partial charge is 0.491 e. The summed E-state index contributed by atoms with van der Waals surface area (Å²) in [5.41, 5.74) is 6.21. The summed E-state index contributed by atoms with van der Waals surface area (Å²) in [5.74, 6) is -0.942. The lowest BCUT2D eigenvalue weighted by atomic mass is 10.0. The second kappa shape index (κ2) is 6.45. The van der Waals surface area contributed by atoms with E-state index < -0.39 is 11.6 Å². The van der Waals surface area contributed by atoms with E-state index in [4.69, 9.17) is 22.1 Å². The normalized spacial score (nSPS) is 10.5. The molecule has 2 N–H and O–H groups in total. The zero-order chi connectivity index (χ0) is 15.6. The van der Waals surface area contributed by atoms with Crippen LogP contribution in [0.2, 0.25) is 5.02 Å². The first-order chi connectivity index (χ1) is 9.95. The van der Waals surface area contributed by atoms with E-state index in [-0.39, 0.29) is 21.9 Å². The first kappa shape index (κ1) is 15.8. The molecule has 6 heteroatoms. The van der Waals surface area contributed by atoms with Gasteiger partial charge in [0, 0.05) is 4.47 Å². The van der Waals surface area contributed by atoms with Crippen LogP contribution in [0.1, 0.15) is 22.8 Å². The Morgan fingerprint density at radius 3 is 2.76 bits per heavy atom. The van der Waals surface area contributed by atoms with Gasteiger partial charge in [-0.25, -0.2) is 4.39 Å². The second-order valence-corrected chi connectivity index (χ2v) is 5.49. The van der Waals surface area contributed by atoms with E-state index in [0.717, 1.165) is 6.07 Å². The molecule has 3 nitrogen and oxygen atoms in total. The fourth-order valence-electron chi connectivity index (χ4n) is 1.88. The Bertz CT molecular complexity index is 706. The molecular weight excluding hydrogens is 361 g/mol. The highest BCUT2D eigenvalue weighted by Gasteiger charge is 2.21. The van der Waals surface area contributed by atoms with Crippen molar-refractivity contribution in [2.45, 2.75) is 6.92 Å². The molecule has 0 aromatic heterocycles. The van der Waals surface area contributed by atoms with Crippen molar-refractivity contribution >= 4 is 39.0 Å². The molecule has 0 fully saturated rings. The van der Waals surface area contributed by atoms with E-state index in [1.807, 2.05) is 0 Å². The van der Waals surface area contributed by atoms with Gasteiger partial charge in [0.2, 0.25) is 0 Å². The van der Waals surface area contributed by atoms with Gasteiger partial charge in [-0.2, -0.15) is 0 Å². The Balaban J connectivity index is 2.55. The Labute approximate surface area is 135 Å². The van der Waals surface area contributed by atoms with Crippen LogP contribution in [0.25, 0.3) is 0 Å². The summed E-state index contributed by atoms with van der Waals surface area (Å²) < 4.78 is 19.8. The van der Waals surface area contributed by atoms with Crippen LogP contribution in [0.4, 0.5) is 10.1 Å². The summed E-state index contributed by atoms with van der Waals surface area (Å²) in [6.07, 6.45) is 0. The Morgan fingerprint density at radius 1 is 1.38 bits per heavy atom. The Hall–Kier alpha value is -1.59. The molecule has 0 aliphatic rings. The van der Waals surface area contributed by atoms with Gasteiger partial charge in [0.25, 0.3) is 0 Å². The van der Waals surface area contributed by atoms with Gasteiger partial charge < -0.3 is 10.5 Å². The first-order valence-corrected chi connectivity index (χ1v) is 7.33. The van der Waals surface area contributed by atoms with E-state index in [2.05, 4.69) is 15.9 Å². The quantitative estimate of drug-likeness (QED) is 0.490. The molecule has 2 aromatic rings. The molecule has 0 spiro atoms. The van der Waals surface area contributed by atoms with Crippen LogP contribution in [0.15, 0.2) is 34.8 Å². The van der Waals surface area contributed by atoms with Gasteiger partial charge in [-0.05, 0) is 47.1 Å². The maximum atomic E-state index is 14.0. The zero-order valence-corrected chi connectivity index (χ0v) is 13.5. The number of rotatable bonds is 4. The van der Waals surface area contributed by atoms with Crippen LogP contribution < -0.4 is 10.5 Å². The maximum Gasteiger partial charge on any atom is 0.199 e. The van der Waals surface area contributed by atoms with Crippen molar-refractivity contribution in [3.05, 3.63) is 56.8 Å². The number of carbonyl (C=O) groups is 1. The van der Waals surface area contributed by atoms with E-state index >= 15 is 0 Å². The lowest BCUT2D eigenvalue weighted by molar-refractivity contribution is 0.103. The number of benzene rings is 2. The van der Waals surface area contributed by atoms with Crippen LogP contribution in [-0.2, 0) is 0 Å². The molecule has 110 valence electrons. The van der Waals surface area contributed by atoms with Gasteiger partial charge in [0.15, 0.2) is 11.5 Å². The van der Waals surface area contributed by atoms with E-state index in [9.17, 15) is 9.18 Å². The molecule has 0 radical (unpaired) electrons. The molecule has 2 rings (SSSR count). The molecule has 21 heavy (non-hydrogen) atoms. The summed E-state index contributed by atoms with van der Waals surface area (Å²) in [4.78, 5) is 12.5. The highest BCUT2D eigenvalue weighted by molar-refractivity contribution is 9.10. The first-order valence-electron chi connectivity index (χ1n) is 6.16. The summed E-state index contributed by atoms with van der Waals surface area (Å²) >= 11 is 9.04. The highest BCUT2D eigenvalue weighted by Crippen LogP contribution is 2.31. The fraction of sp³-hybridized carbons (Fsp3) is 0.133. The van der Waals surface area contributed by atoms with Crippen molar-refractivity contribution in [3.8, 4) is 5.75 Å². The minimum atomic E-state index is -0.666. The number of para-hydroxylation sites is 1. The molecule has 0 heterocycles. The lowest BCUT2D eigenvalue weighted by Crippen LogP contribution is -2.09. The average molecular weight is 373 g/mol. The average Bonchev–Trinajstić information content (AvgIpc) is 2.44. The van der Waals surface area contributed by atoms with Crippen molar-refractivity contribution in [1.82, 2.24) is 0 Å². The standard InChI is InChI=1S/C15H12BrClFNO2/c1-2-21-15-8(4-3-5-13(15)19)14(20)9-6-11(17)10(16)7-12(9)18/h3-7H,2,19H2,1H3. The summed E-state index contributed by atoms with van der Waals surface area (Å²) in [5, 5.41) is 0.251. The van der Waals surface area contributed by atoms with Gasteiger partial charge in [0.05, 0.1) is 28.4 Å². The summed E-state index contributed by atoms with van der Waals surface area (Å²) in [6, 6.07) is 7.21. The number of ether oxygens (including phenoxy) is 1. The van der Waals surface area contributed by atoms with Crippen LogP contribution in [-0.4, -0.2) is 12.4 Å². The zero-order valence-electron chi connectivity index (χ0n) is 11.1. The van der Waals surface area contributed by atoms with Gasteiger partial charge in [0.1, 0.15) is 5.82 Å². The number of hydrogen-bond acceptors (Lipinski definition) is 3. The molecule has 0 saturated heterocycles. The number of halogens is 3. The van der Waals surface area contributed by atoms with Crippen LogP contribution in [0.3, 0.4) is 0 Å². The molecule has 0 saturated carbocycles. The predicted octanol–water partition coefficient (Wildman–Crippen LogP) is 4.45. The van der Waals surface area contributed by atoms with Crippen molar-refractivity contribution in [2.24, 2.45) is 0 Å². The number of anilines is 1. The molecule has 0 amide bonds. The van der Waals surface area contributed by atoms with E-state index in [1.54, 1.807) is 25.1 Å². The number of hydrogen-bond donors (Lipinski definition) is 1. The molecule has 0 bridgehead atoms. The van der Waals surface area contributed by atoms with Crippen molar-refractivity contribution in [2.75, 3.05) is 12.3 Å². The van der Waals surface area contributed by atoms with Crippen LogP contribution in [0.5, 0.6) is 5.75 Å². The fourth-order valence-corrected chi connectivity index (χ4v) is 2.36. The second-order valence-electron chi connectivity index (χ2n) is 4.23. The molecule has 0 aliphatic heterocycles. The third-order valence-electron chi connectivity index (χ3n) is 2.83. The molecule has 0 aliphatic carbocycles. The Kier molecular flexibility index (Phi) is 4.85. The van der Waals surface area contributed by atoms with Crippen molar-refractivity contribution in [3.63, 3.8) is 0 Å². The van der Waals surface area contributed by atoms with Gasteiger partial charge >= 0.3 is 0 Å². The number of nitrogens with two attached hydrogens (primary N) is 1. The topological polar surface area (TPSA) is 52.3 Å². The SMILES string of the molecule is CCOc1c(N)cccc1C(=O)c1cc(Cl)c(Br)cc1F. The predicted molar refractivity (Wildman–Crippen MR) is 84.6 cm³/mol. The van der Waals surface area contributed by atoms with E-state index in [1.165, 1.54) is 6.07 Å². The van der Waals surface area contributed by atoms with Crippen molar-refractivity contribution in [1.29, 1.82) is 0 Å². The van der Waals surface area contributed by atoms with Crippen LogP contribution in [0, 0.1) is 5.82 Å². The molecular formula is C15H12BrClFNO2. The van der Waals surface area contributed by atoms with Crippen LogP contribution >= 0.6 is 27.5 Å². The summed E-state index contributed by atoms with van der Waals surface area (Å²) in [7, 11) is 0. The third kappa shape index (κ3) is 3.19. The van der Waals surface area contributed by atoms with Crippen molar-refractivity contribution < 1.29 is 13.9 Å². The number of nitrogen functional groups attached to an aromatic ring is 1. The minimum Gasteiger partial charge on any atom is -0.491 e. The monoisotopic (exact) mass is 371 g/mol. The molecule has 0 atom stereocenters. The number of carbonyl (C=O) groups excluding carboxylic acids is 1. The number of ketones is 1. The Morgan fingerprint density at radius 2 is 2.10 bits per heavy atom. The highest BCUT2D eigenvalue weighted by atomic mass is 79.9. The summed E-state index contributed by atoms with van der Waals surface area (Å²) in [6.45, 7) is 2.12. The van der Waals surface area contributed by atoms with Gasteiger partial charge in [-0.1, -0.05) is 17.7 Å². The lowest BCUT2D eigenvalue weighted by Gasteiger charge is -2.12. The third-order valence-corrected chi connectivity index (χ3v) is 4.03. The molecule has 2 aromatic carbocycles. The van der Waals surface area contributed by atoms with E-state index in [0.29, 0.717) is 16.8 Å². The maximum absolute atomic E-state index is 14.0.